The Labute approximate surface area is 112 Å². The summed E-state index contributed by atoms with van der Waals surface area (Å²) in [6, 6.07) is 0. The minimum atomic E-state index is 0.0954. The summed E-state index contributed by atoms with van der Waals surface area (Å²) in [6.07, 6.45) is 2.58. The van der Waals surface area contributed by atoms with Gasteiger partial charge in [0.15, 0.2) is 5.82 Å². The van der Waals surface area contributed by atoms with Crippen molar-refractivity contribution in [2.24, 2.45) is 5.92 Å². The molecule has 2 aliphatic rings. The van der Waals surface area contributed by atoms with E-state index in [9.17, 15) is 0 Å². The maximum atomic E-state index is 5.85. The zero-order valence-electron chi connectivity index (χ0n) is 10.9. The van der Waals surface area contributed by atoms with Gasteiger partial charge in [-0.3, -0.25) is 0 Å². The minimum Gasteiger partial charge on any atom is -0.373 e. The molecular formula is C13H19N3OS. The van der Waals surface area contributed by atoms with Gasteiger partial charge in [-0.15, -0.1) is 0 Å². The fourth-order valence-electron chi connectivity index (χ4n) is 2.40. The average Bonchev–Trinajstić information content (AvgIpc) is 3.11. The van der Waals surface area contributed by atoms with Gasteiger partial charge < -0.3 is 10.1 Å². The molecular weight excluding hydrogens is 246 g/mol. The van der Waals surface area contributed by atoms with E-state index in [1.165, 1.54) is 24.1 Å². The molecule has 0 aromatic carbocycles. The van der Waals surface area contributed by atoms with Gasteiger partial charge in [0.05, 0.1) is 5.69 Å². The molecule has 0 spiro atoms. The first-order chi connectivity index (χ1) is 8.83. The molecule has 1 N–H and O–H groups in total. The molecule has 1 atom stereocenters. The summed E-state index contributed by atoms with van der Waals surface area (Å²) in [6.45, 7) is 2.77. The van der Waals surface area contributed by atoms with Crippen molar-refractivity contribution in [3.63, 3.8) is 0 Å². The Balaban J connectivity index is 1.95. The number of nitrogens with one attached hydrogen (secondary N) is 1. The van der Waals surface area contributed by atoms with E-state index < -0.39 is 0 Å². The van der Waals surface area contributed by atoms with Crippen LogP contribution in [0.2, 0.25) is 0 Å². The van der Waals surface area contributed by atoms with Gasteiger partial charge >= 0.3 is 0 Å². The smallest absolute Gasteiger partial charge is 0.160 e. The van der Waals surface area contributed by atoms with Crippen LogP contribution in [0.1, 0.15) is 43.0 Å². The predicted molar refractivity (Wildman–Crippen MR) is 73.7 cm³/mol. The third-order valence-corrected chi connectivity index (χ3v) is 4.45. The summed E-state index contributed by atoms with van der Waals surface area (Å²) in [7, 11) is 1.93. The molecule has 0 bridgehead atoms. The molecule has 5 heteroatoms. The molecule has 2 heterocycles. The lowest BCUT2D eigenvalue weighted by Gasteiger charge is -2.17. The van der Waals surface area contributed by atoms with Gasteiger partial charge in [-0.25, -0.2) is 9.97 Å². The molecule has 0 saturated heterocycles. The fourth-order valence-corrected chi connectivity index (χ4v) is 3.45. The van der Waals surface area contributed by atoms with Crippen LogP contribution >= 0.6 is 11.8 Å². The second-order valence-corrected chi connectivity index (χ2v) is 5.80. The molecule has 98 valence electrons. The molecule has 1 fully saturated rings. The van der Waals surface area contributed by atoms with E-state index in [-0.39, 0.29) is 6.10 Å². The van der Waals surface area contributed by atoms with Crippen LogP contribution in [0.4, 0.5) is 5.82 Å². The number of thioether (sulfide) groups is 1. The van der Waals surface area contributed by atoms with Gasteiger partial charge in [0.25, 0.3) is 0 Å². The standard InChI is InChI=1S/C13H19N3OS/c1-3-17-11(8-4-5-8)13-15-10-7-18-6-9(10)12(14-2)16-13/h8,11H,3-7H2,1-2H3,(H,14,15,16). The largest absolute Gasteiger partial charge is 0.373 e. The Morgan fingerprint density at radius 2 is 2.22 bits per heavy atom. The van der Waals surface area contributed by atoms with Gasteiger partial charge in [-0.05, 0) is 25.7 Å². The van der Waals surface area contributed by atoms with Crippen molar-refractivity contribution in [2.75, 3.05) is 19.0 Å². The van der Waals surface area contributed by atoms with Gasteiger partial charge in [0, 0.05) is 30.7 Å². The first kappa shape index (κ1) is 12.2. The van der Waals surface area contributed by atoms with E-state index in [0.29, 0.717) is 5.92 Å². The van der Waals surface area contributed by atoms with Crippen molar-refractivity contribution in [3.05, 3.63) is 17.1 Å². The van der Waals surface area contributed by atoms with E-state index in [2.05, 4.69) is 10.3 Å². The van der Waals surface area contributed by atoms with E-state index in [1.54, 1.807) is 0 Å². The zero-order valence-corrected chi connectivity index (χ0v) is 11.7. The summed E-state index contributed by atoms with van der Waals surface area (Å²) >= 11 is 1.91. The number of nitrogens with zero attached hydrogens (tertiary/aromatic N) is 2. The molecule has 1 unspecified atom stereocenters. The van der Waals surface area contributed by atoms with Crippen LogP contribution < -0.4 is 5.32 Å². The third kappa shape index (κ3) is 2.21. The normalized spacial score (nSPS) is 19.7. The van der Waals surface area contributed by atoms with Gasteiger partial charge in [0.1, 0.15) is 11.9 Å². The number of rotatable bonds is 5. The van der Waals surface area contributed by atoms with Crippen LogP contribution in [0.3, 0.4) is 0 Å². The van der Waals surface area contributed by atoms with E-state index >= 15 is 0 Å². The number of hydrogen-bond donors (Lipinski definition) is 1. The molecule has 0 radical (unpaired) electrons. The number of hydrogen-bond acceptors (Lipinski definition) is 5. The second kappa shape index (κ2) is 5.05. The Morgan fingerprint density at radius 3 is 2.89 bits per heavy atom. The summed E-state index contributed by atoms with van der Waals surface area (Å²) < 4.78 is 5.85. The van der Waals surface area contributed by atoms with Crippen molar-refractivity contribution >= 4 is 17.6 Å². The highest BCUT2D eigenvalue weighted by Crippen LogP contribution is 2.43. The molecule has 3 rings (SSSR count). The Kier molecular flexibility index (Phi) is 3.43. The number of aromatic nitrogens is 2. The van der Waals surface area contributed by atoms with Crippen LogP contribution in [0.25, 0.3) is 0 Å². The second-order valence-electron chi connectivity index (χ2n) is 4.81. The third-order valence-electron chi connectivity index (χ3n) is 3.48. The van der Waals surface area contributed by atoms with Crippen LogP contribution in [0, 0.1) is 5.92 Å². The van der Waals surface area contributed by atoms with Crippen molar-refractivity contribution in [1.29, 1.82) is 0 Å². The molecule has 1 aromatic heterocycles. The summed E-state index contributed by atoms with van der Waals surface area (Å²) in [4.78, 5) is 9.43. The SMILES string of the molecule is CCOC(c1nc2c(c(NC)n1)CSC2)C1CC1. The minimum absolute atomic E-state index is 0.0954. The average molecular weight is 265 g/mol. The molecule has 18 heavy (non-hydrogen) atoms. The van der Waals surface area contributed by atoms with Crippen molar-refractivity contribution < 1.29 is 4.74 Å². The predicted octanol–water partition coefficient (Wildman–Crippen LogP) is 2.75. The molecule has 1 aromatic rings. The quantitative estimate of drug-likeness (QED) is 0.887. The Morgan fingerprint density at radius 1 is 1.39 bits per heavy atom. The van der Waals surface area contributed by atoms with Crippen molar-refractivity contribution in [3.8, 4) is 0 Å². The fraction of sp³-hybridized carbons (Fsp3) is 0.692. The Bertz CT molecular complexity index is 448. The summed E-state index contributed by atoms with van der Waals surface area (Å²) in [5.41, 5.74) is 2.47. The highest BCUT2D eigenvalue weighted by Gasteiger charge is 2.36. The van der Waals surface area contributed by atoms with E-state index in [0.717, 1.165) is 29.8 Å². The van der Waals surface area contributed by atoms with Crippen molar-refractivity contribution in [1.82, 2.24) is 9.97 Å². The molecule has 0 amide bonds. The zero-order chi connectivity index (χ0) is 12.5. The lowest BCUT2D eigenvalue weighted by molar-refractivity contribution is 0.0400. The van der Waals surface area contributed by atoms with Crippen LogP contribution in [-0.4, -0.2) is 23.6 Å². The van der Waals surface area contributed by atoms with E-state index in [4.69, 9.17) is 9.72 Å². The van der Waals surface area contributed by atoms with E-state index in [1.807, 2.05) is 25.7 Å². The number of fused-ring (bicyclic) bond motifs is 1. The number of anilines is 1. The Hall–Kier alpha value is -0.810. The number of ether oxygens (including phenoxy) is 1. The van der Waals surface area contributed by atoms with Gasteiger partial charge in [-0.2, -0.15) is 11.8 Å². The first-order valence-electron chi connectivity index (χ1n) is 6.60. The van der Waals surface area contributed by atoms with Gasteiger partial charge in [0.2, 0.25) is 0 Å². The topological polar surface area (TPSA) is 47.0 Å². The molecule has 1 aliphatic heterocycles. The summed E-state index contributed by atoms with van der Waals surface area (Å²) in [5.74, 6) is 4.52. The maximum Gasteiger partial charge on any atom is 0.160 e. The monoisotopic (exact) mass is 265 g/mol. The molecule has 4 nitrogen and oxygen atoms in total. The molecule has 1 aliphatic carbocycles. The first-order valence-corrected chi connectivity index (χ1v) is 7.75. The van der Waals surface area contributed by atoms with Gasteiger partial charge in [-0.1, -0.05) is 0 Å². The highest BCUT2D eigenvalue weighted by atomic mass is 32.2. The lowest BCUT2D eigenvalue weighted by Crippen LogP contribution is -2.14. The van der Waals surface area contributed by atoms with Crippen LogP contribution in [-0.2, 0) is 16.2 Å². The van der Waals surface area contributed by atoms with Crippen LogP contribution in [0.15, 0.2) is 0 Å². The highest BCUT2D eigenvalue weighted by molar-refractivity contribution is 7.98. The summed E-state index contributed by atoms with van der Waals surface area (Å²) in [5, 5.41) is 3.20. The van der Waals surface area contributed by atoms with Crippen molar-refractivity contribution in [2.45, 2.75) is 37.4 Å². The van der Waals surface area contributed by atoms with Crippen LogP contribution in [0.5, 0.6) is 0 Å². The maximum absolute atomic E-state index is 5.85. The molecule has 1 saturated carbocycles. The lowest BCUT2D eigenvalue weighted by atomic mass is 10.2.